The van der Waals surface area contributed by atoms with Crippen molar-refractivity contribution < 1.29 is 23.8 Å². The van der Waals surface area contributed by atoms with Gasteiger partial charge < -0.3 is 19.1 Å². The number of benzene rings is 1. The Hall–Kier alpha value is -2.58. The molecule has 0 fully saturated rings. The molecule has 2 heterocycles. The summed E-state index contributed by atoms with van der Waals surface area (Å²) in [6.45, 7) is -0.00570. The smallest absolute Gasteiger partial charge is 0.355 e. The molecular weight excluding hydrogens is 338 g/mol. The molecule has 8 nitrogen and oxygen atoms in total. The highest BCUT2D eigenvalue weighted by Gasteiger charge is 2.33. The van der Waals surface area contributed by atoms with Gasteiger partial charge in [0, 0.05) is 0 Å². The van der Waals surface area contributed by atoms with E-state index in [9.17, 15) is 9.59 Å². The lowest BCUT2D eigenvalue weighted by atomic mass is 10.1. The van der Waals surface area contributed by atoms with Gasteiger partial charge in [0.25, 0.3) is 0 Å². The van der Waals surface area contributed by atoms with E-state index in [4.69, 9.17) is 25.8 Å². The molecule has 0 atom stereocenters. The Bertz CT molecular complexity index is 845. The van der Waals surface area contributed by atoms with Crippen LogP contribution in [0, 0.1) is 0 Å². The van der Waals surface area contributed by atoms with Crippen molar-refractivity contribution in [2.24, 2.45) is 0 Å². The fraction of sp³-hybridized carbons (Fsp3) is 0.267. The van der Waals surface area contributed by atoms with E-state index in [0.29, 0.717) is 21.7 Å². The van der Waals surface area contributed by atoms with Crippen LogP contribution in [0.4, 0.5) is 5.69 Å². The molecule has 0 unspecified atom stereocenters. The Kier molecular flexibility index (Phi) is 4.41. The summed E-state index contributed by atoms with van der Waals surface area (Å²) in [6, 6.07) is 5.28. The van der Waals surface area contributed by atoms with Crippen LogP contribution >= 0.6 is 11.6 Å². The van der Waals surface area contributed by atoms with Crippen LogP contribution in [0.3, 0.4) is 0 Å². The minimum Gasteiger partial charge on any atom is -0.466 e. The number of carbonyl (C=O) groups is 2. The van der Waals surface area contributed by atoms with Crippen molar-refractivity contribution >= 4 is 40.1 Å². The van der Waals surface area contributed by atoms with Crippen LogP contribution in [0.1, 0.15) is 0 Å². The Morgan fingerprint density at radius 1 is 1.29 bits per heavy atom. The predicted molar refractivity (Wildman–Crippen MR) is 85.5 cm³/mol. The molecule has 1 aliphatic rings. The molecule has 24 heavy (non-hydrogen) atoms. The number of halogens is 1. The Balaban J connectivity index is 2.22. The van der Waals surface area contributed by atoms with Gasteiger partial charge in [-0.25, -0.2) is 9.59 Å². The van der Waals surface area contributed by atoms with E-state index in [1.165, 1.54) is 19.1 Å². The van der Waals surface area contributed by atoms with Crippen molar-refractivity contribution in [3.05, 3.63) is 34.6 Å². The van der Waals surface area contributed by atoms with Crippen molar-refractivity contribution in [3.63, 3.8) is 0 Å². The topological polar surface area (TPSA) is 93.8 Å². The van der Waals surface area contributed by atoms with Crippen molar-refractivity contribution in [3.8, 4) is 0 Å². The van der Waals surface area contributed by atoms with E-state index in [-0.39, 0.29) is 24.6 Å². The number of nitrogens with zero attached hydrogens (tertiary/aromatic N) is 2. The predicted octanol–water partition coefficient (Wildman–Crippen LogP) is 1.61. The number of aromatic amines is 1. The molecule has 1 N–H and O–H groups in total. The van der Waals surface area contributed by atoms with E-state index < -0.39 is 11.9 Å². The van der Waals surface area contributed by atoms with E-state index in [0.717, 1.165) is 0 Å². The molecule has 0 radical (unpaired) electrons. The van der Waals surface area contributed by atoms with Crippen LogP contribution in [0.15, 0.2) is 29.5 Å². The van der Waals surface area contributed by atoms with E-state index in [2.05, 4.69) is 10.2 Å². The van der Waals surface area contributed by atoms with Gasteiger partial charge in [-0.2, -0.15) is 5.10 Å². The average Bonchev–Trinajstić information content (AvgIpc) is 3.01. The second kappa shape index (κ2) is 6.50. The molecule has 0 spiro atoms. The van der Waals surface area contributed by atoms with E-state index in [1.54, 1.807) is 18.2 Å². The van der Waals surface area contributed by atoms with Gasteiger partial charge in [0.05, 0.1) is 43.0 Å². The molecule has 9 heteroatoms. The molecule has 2 aromatic rings. The SMILES string of the molecule is COC(=O)C1=C(C(=O)OC)N(c2cccc3n[nH]c(Cl)c23)COC1. The van der Waals surface area contributed by atoms with Crippen LogP contribution in [-0.4, -0.2) is 49.7 Å². The van der Waals surface area contributed by atoms with Crippen LogP contribution in [0.5, 0.6) is 0 Å². The molecule has 0 saturated carbocycles. The molecule has 0 saturated heterocycles. The monoisotopic (exact) mass is 351 g/mol. The second-order valence-corrected chi connectivity index (χ2v) is 5.30. The molecule has 1 aromatic carbocycles. The maximum Gasteiger partial charge on any atom is 0.355 e. The Morgan fingerprint density at radius 3 is 2.75 bits per heavy atom. The maximum atomic E-state index is 12.3. The Morgan fingerprint density at radius 2 is 2.04 bits per heavy atom. The number of rotatable bonds is 3. The minimum atomic E-state index is -0.671. The lowest BCUT2D eigenvalue weighted by Gasteiger charge is -2.31. The first-order chi connectivity index (χ1) is 11.6. The molecular formula is C15H14ClN3O5. The van der Waals surface area contributed by atoms with Crippen LogP contribution in [-0.2, 0) is 23.8 Å². The van der Waals surface area contributed by atoms with Crippen molar-refractivity contribution in [2.75, 3.05) is 32.5 Å². The molecule has 0 bridgehead atoms. The number of carbonyl (C=O) groups excluding carboxylic acids is 2. The van der Waals surface area contributed by atoms with Gasteiger partial charge >= 0.3 is 11.9 Å². The average molecular weight is 352 g/mol. The lowest BCUT2D eigenvalue weighted by molar-refractivity contribution is -0.140. The largest absolute Gasteiger partial charge is 0.466 e. The highest BCUT2D eigenvalue weighted by atomic mass is 35.5. The summed E-state index contributed by atoms with van der Waals surface area (Å²) in [6.07, 6.45) is 0. The number of aromatic nitrogens is 2. The fourth-order valence-corrected chi connectivity index (χ4v) is 2.81. The first-order valence-electron chi connectivity index (χ1n) is 6.96. The number of methoxy groups -OCH3 is 2. The number of nitrogens with one attached hydrogen (secondary N) is 1. The minimum absolute atomic E-state index is 0.0472. The van der Waals surface area contributed by atoms with Crippen molar-refractivity contribution in [1.82, 2.24) is 10.2 Å². The number of esters is 2. The van der Waals surface area contributed by atoms with Crippen LogP contribution < -0.4 is 4.90 Å². The molecule has 1 aromatic heterocycles. The third-order valence-corrected chi connectivity index (χ3v) is 3.91. The molecule has 0 amide bonds. The highest BCUT2D eigenvalue weighted by Crippen LogP contribution is 2.35. The molecule has 126 valence electrons. The van der Waals surface area contributed by atoms with Crippen molar-refractivity contribution in [2.45, 2.75) is 0 Å². The first-order valence-corrected chi connectivity index (χ1v) is 7.34. The Labute approximate surface area is 141 Å². The number of hydrogen-bond donors (Lipinski definition) is 1. The summed E-state index contributed by atoms with van der Waals surface area (Å²) in [5.41, 5.74) is 1.31. The summed E-state index contributed by atoms with van der Waals surface area (Å²) < 4.78 is 15.0. The van der Waals surface area contributed by atoms with Crippen molar-refractivity contribution in [1.29, 1.82) is 0 Å². The molecule has 3 rings (SSSR count). The van der Waals surface area contributed by atoms with Gasteiger partial charge in [-0.05, 0) is 12.1 Å². The van der Waals surface area contributed by atoms with Gasteiger partial charge in [0.1, 0.15) is 17.6 Å². The molecule has 0 aliphatic carbocycles. The van der Waals surface area contributed by atoms with Crippen LogP contribution in [0.25, 0.3) is 10.9 Å². The summed E-state index contributed by atoms with van der Waals surface area (Å²) in [5, 5.41) is 7.69. The summed E-state index contributed by atoms with van der Waals surface area (Å²) in [4.78, 5) is 25.8. The zero-order valence-electron chi connectivity index (χ0n) is 13.0. The third kappa shape index (κ3) is 2.59. The van der Waals surface area contributed by atoms with Gasteiger partial charge in [-0.15, -0.1) is 0 Å². The fourth-order valence-electron chi connectivity index (χ4n) is 2.57. The summed E-state index contributed by atoms with van der Waals surface area (Å²) in [7, 11) is 2.47. The normalized spacial score (nSPS) is 14.9. The highest BCUT2D eigenvalue weighted by molar-refractivity contribution is 6.35. The zero-order valence-corrected chi connectivity index (χ0v) is 13.7. The summed E-state index contributed by atoms with van der Waals surface area (Å²) in [5.74, 6) is -1.33. The van der Waals surface area contributed by atoms with Gasteiger partial charge in [-0.1, -0.05) is 17.7 Å². The zero-order chi connectivity index (χ0) is 17.3. The van der Waals surface area contributed by atoms with E-state index in [1.807, 2.05) is 0 Å². The van der Waals surface area contributed by atoms with Gasteiger partial charge in [0.2, 0.25) is 0 Å². The first kappa shape index (κ1) is 16.3. The number of anilines is 1. The number of ether oxygens (including phenoxy) is 3. The number of H-pyrrole nitrogens is 1. The quantitative estimate of drug-likeness (QED) is 0.839. The van der Waals surface area contributed by atoms with Gasteiger partial charge in [0.15, 0.2) is 0 Å². The van der Waals surface area contributed by atoms with Gasteiger partial charge in [-0.3, -0.25) is 5.10 Å². The third-order valence-electron chi connectivity index (χ3n) is 3.64. The van der Waals surface area contributed by atoms with E-state index >= 15 is 0 Å². The summed E-state index contributed by atoms with van der Waals surface area (Å²) >= 11 is 6.17. The standard InChI is InChI=1S/C15H14ClN3O5/c1-22-14(20)8-6-24-7-19(12(8)15(21)23-2)10-5-3-4-9-11(10)13(16)18-17-9/h3-5H,6-7H2,1-2H3,(H,17,18). The number of hydrogen-bond acceptors (Lipinski definition) is 7. The molecule has 1 aliphatic heterocycles. The second-order valence-electron chi connectivity index (χ2n) is 4.92. The van der Waals surface area contributed by atoms with Crippen LogP contribution in [0.2, 0.25) is 5.15 Å². The number of fused-ring (bicyclic) bond motifs is 1. The lowest BCUT2D eigenvalue weighted by Crippen LogP contribution is -2.38. The maximum absolute atomic E-state index is 12.3.